The van der Waals surface area contributed by atoms with Gasteiger partial charge in [0.2, 0.25) is 5.95 Å². The van der Waals surface area contributed by atoms with E-state index < -0.39 is 5.91 Å². The zero-order valence-corrected chi connectivity index (χ0v) is 16.9. The highest BCUT2D eigenvalue weighted by Crippen LogP contribution is 2.22. The second-order valence-corrected chi connectivity index (χ2v) is 7.09. The van der Waals surface area contributed by atoms with E-state index in [0.29, 0.717) is 17.0 Å². The summed E-state index contributed by atoms with van der Waals surface area (Å²) >= 11 is 0. The van der Waals surface area contributed by atoms with Crippen LogP contribution in [0.3, 0.4) is 0 Å². The summed E-state index contributed by atoms with van der Waals surface area (Å²) in [5.41, 5.74) is 3.42. The number of anilines is 1. The van der Waals surface area contributed by atoms with E-state index in [-0.39, 0.29) is 24.2 Å². The van der Waals surface area contributed by atoms with Gasteiger partial charge in [-0.15, -0.1) is 5.10 Å². The van der Waals surface area contributed by atoms with Crippen molar-refractivity contribution < 1.29 is 18.7 Å². The number of nitrogens with one attached hydrogen (secondary N) is 1. The molecule has 0 saturated carbocycles. The maximum atomic E-state index is 13.7. The Bertz CT molecular complexity index is 1260. The largest absolute Gasteiger partial charge is 0.484 e. The first-order valence-electron chi connectivity index (χ1n) is 9.55. The number of amides is 1. The van der Waals surface area contributed by atoms with Gasteiger partial charge in [0.05, 0.1) is 0 Å². The minimum atomic E-state index is -0.424. The molecule has 0 bridgehead atoms. The first-order valence-corrected chi connectivity index (χ1v) is 9.55. The van der Waals surface area contributed by atoms with Crippen molar-refractivity contribution in [2.75, 3.05) is 11.9 Å². The van der Waals surface area contributed by atoms with Crippen molar-refractivity contribution in [3.05, 3.63) is 77.7 Å². The molecule has 0 fully saturated rings. The Morgan fingerprint density at radius 2 is 1.84 bits per heavy atom. The number of ether oxygens (including phenoxy) is 1. The molecule has 8 heteroatoms. The number of benzene rings is 2. The third-order valence-electron chi connectivity index (χ3n) is 4.59. The molecule has 156 valence electrons. The SMILES string of the molecule is CC(=O)c1ccc(OCC(=O)Nc2nc3ccc(-c4cc(C)cc(F)c4)cn3n2)cc1. The van der Waals surface area contributed by atoms with Crippen LogP contribution >= 0.6 is 0 Å². The molecule has 0 unspecified atom stereocenters. The van der Waals surface area contributed by atoms with Crippen LogP contribution in [-0.2, 0) is 4.79 Å². The van der Waals surface area contributed by atoms with Gasteiger partial charge in [-0.25, -0.2) is 8.91 Å². The second kappa shape index (κ2) is 8.35. The number of aromatic nitrogens is 3. The van der Waals surface area contributed by atoms with E-state index in [1.165, 1.54) is 23.6 Å². The molecule has 4 aromatic rings. The van der Waals surface area contributed by atoms with Crippen molar-refractivity contribution >= 4 is 23.3 Å². The smallest absolute Gasteiger partial charge is 0.264 e. The number of fused-ring (bicyclic) bond motifs is 1. The highest BCUT2D eigenvalue weighted by Gasteiger charge is 2.10. The number of aryl methyl sites for hydroxylation is 1. The van der Waals surface area contributed by atoms with Crippen molar-refractivity contribution in [2.45, 2.75) is 13.8 Å². The summed E-state index contributed by atoms with van der Waals surface area (Å²) in [6.07, 6.45) is 1.72. The van der Waals surface area contributed by atoms with Crippen molar-refractivity contribution in [3.8, 4) is 16.9 Å². The van der Waals surface area contributed by atoms with E-state index in [1.54, 1.807) is 36.5 Å². The Morgan fingerprint density at radius 1 is 1.06 bits per heavy atom. The minimum Gasteiger partial charge on any atom is -0.484 e. The fourth-order valence-corrected chi connectivity index (χ4v) is 3.11. The minimum absolute atomic E-state index is 0.0436. The van der Waals surface area contributed by atoms with Gasteiger partial charge < -0.3 is 4.74 Å². The number of pyridine rings is 1. The maximum absolute atomic E-state index is 13.7. The van der Waals surface area contributed by atoms with E-state index in [0.717, 1.165) is 16.7 Å². The van der Waals surface area contributed by atoms with Crippen LogP contribution in [0.1, 0.15) is 22.8 Å². The highest BCUT2D eigenvalue weighted by atomic mass is 19.1. The van der Waals surface area contributed by atoms with Gasteiger partial charge in [0.15, 0.2) is 18.0 Å². The summed E-state index contributed by atoms with van der Waals surface area (Å²) in [6.45, 7) is 3.07. The molecular weight excluding hydrogens is 399 g/mol. The summed E-state index contributed by atoms with van der Waals surface area (Å²) < 4.78 is 20.7. The summed E-state index contributed by atoms with van der Waals surface area (Å²) in [5, 5.41) is 6.84. The van der Waals surface area contributed by atoms with Gasteiger partial charge in [0.25, 0.3) is 5.91 Å². The van der Waals surface area contributed by atoms with Crippen molar-refractivity contribution in [3.63, 3.8) is 0 Å². The van der Waals surface area contributed by atoms with E-state index >= 15 is 0 Å². The molecule has 1 N–H and O–H groups in total. The van der Waals surface area contributed by atoms with Gasteiger partial charge >= 0.3 is 0 Å². The van der Waals surface area contributed by atoms with Crippen LogP contribution in [0, 0.1) is 12.7 Å². The molecule has 0 aliphatic rings. The molecule has 0 atom stereocenters. The average Bonchev–Trinajstić information content (AvgIpc) is 3.13. The van der Waals surface area contributed by atoms with Crippen LogP contribution in [-0.4, -0.2) is 32.9 Å². The molecule has 7 nitrogen and oxygen atoms in total. The average molecular weight is 418 g/mol. The Balaban J connectivity index is 1.43. The number of hydrogen-bond acceptors (Lipinski definition) is 5. The van der Waals surface area contributed by atoms with Crippen LogP contribution in [0.25, 0.3) is 16.8 Å². The predicted octanol–water partition coefficient (Wildman–Crippen LogP) is 4.06. The van der Waals surface area contributed by atoms with Crippen molar-refractivity contribution in [1.29, 1.82) is 0 Å². The van der Waals surface area contributed by atoms with Crippen LogP contribution in [0.5, 0.6) is 5.75 Å². The van der Waals surface area contributed by atoms with Gasteiger partial charge in [-0.3, -0.25) is 14.9 Å². The van der Waals surface area contributed by atoms with E-state index in [9.17, 15) is 14.0 Å². The van der Waals surface area contributed by atoms with Crippen molar-refractivity contribution in [1.82, 2.24) is 14.6 Å². The number of nitrogens with zero attached hydrogens (tertiary/aromatic N) is 3. The molecule has 0 aliphatic heterocycles. The quantitative estimate of drug-likeness (QED) is 0.477. The number of hydrogen-bond donors (Lipinski definition) is 1. The molecule has 0 spiro atoms. The number of halogens is 1. The lowest BCUT2D eigenvalue weighted by atomic mass is 10.1. The number of carbonyl (C=O) groups is 2. The van der Waals surface area contributed by atoms with Crippen molar-refractivity contribution in [2.24, 2.45) is 0 Å². The van der Waals surface area contributed by atoms with Gasteiger partial charge in [0.1, 0.15) is 11.6 Å². The molecular formula is C23H19FN4O3. The molecule has 0 aliphatic carbocycles. The summed E-state index contributed by atoms with van der Waals surface area (Å²) in [4.78, 5) is 27.7. The molecule has 2 heterocycles. The number of carbonyl (C=O) groups excluding carboxylic acids is 2. The fraction of sp³-hybridized carbons (Fsp3) is 0.130. The normalized spacial score (nSPS) is 10.8. The molecule has 0 radical (unpaired) electrons. The van der Waals surface area contributed by atoms with Gasteiger partial charge in [-0.1, -0.05) is 6.07 Å². The van der Waals surface area contributed by atoms with Crippen LogP contribution < -0.4 is 10.1 Å². The molecule has 2 aromatic carbocycles. The van der Waals surface area contributed by atoms with Crippen LogP contribution in [0.2, 0.25) is 0 Å². The number of Topliss-reactive ketones (excluding diaryl/α,β-unsaturated/α-hetero) is 1. The van der Waals surface area contributed by atoms with E-state index in [1.807, 2.05) is 19.1 Å². The lowest BCUT2D eigenvalue weighted by molar-refractivity contribution is -0.118. The third kappa shape index (κ3) is 4.75. The molecule has 2 aromatic heterocycles. The van der Waals surface area contributed by atoms with Crippen LogP contribution in [0.4, 0.5) is 10.3 Å². The van der Waals surface area contributed by atoms with E-state index in [4.69, 9.17) is 4.74 Å². The second-order valence-electron chi connectivity index (χ2n) is 7.09. The van der Waals surface area contributed by atoms with Gasteiger partial charge in [0, 0.05) is 17.3 Å². The Labute approximate surface area is 177 Å². The third-order valence-corrected chi connectivity index (χ3v) is 4.59. The van der Waals surface area contributed by atoms with Gasteiger partial charge in [-0.2, -0.15) is 4.98 Å². The summed E-state index contributed by atoms with van der Waals surface area (Å²) in [5.74, 6) is -0.172. The standard InChI is InChI=1S/C23H19FN4O3/c1-14-9-18(11-19(24)10-14)17-5-8-21-25-23(27-28(21)12-17)26-22(30)13-31-20-6-3-16(4-7-20)15(2)29/h3-12H,13H2,1-2H3,(H,26,27,30). The van der Waals surface area contributed by atoms with Gasteiger partial charge in [-0.05, 0) is 73.5 Å². The van der Waals surface area contributed by atoms with E-state index in [2.05, 4.69) is 15.4 Å². The Hall–Kier alpha value is -4.07. The fourth-order valence-electron chi connectivity index (χ4n) is 3.11. The Kier molecular flexibility index (Phi) is 5.44. The Morgan fingerprint density at radius 3 is 2.55 bits per heavy atom. The molecule has 1 amide bonds. The molecule has 31 heavy (non-hydrogen) atoms. The predicted molar refractivity (Wildman–Crippen MR) is 114 cm³/mol. The molecule has 4 rings (SSSR count). The lowest BCUT2D eigenvalue weighted by Crippen LogP contribution is -2.20. The number of rotatable bonds is 6. The first-order chi connectivity index (χ1) is 14.9. The van der Waals surface area contributed by atoms with Crippen LogP contribution in [0.15, 0.2) is 60.8 Å². The number of ketones is 1. The first kappa shape index (κ1) is 20.2. The highest BCUT2D eigenvalue weighted by molar-refractivity contribution is 5.94. The monoisotopic (exact) mass is 418 g/mol. The summed E-state index contributed by atoms with van der Waals surface area (Å²) in [7, 11) is 0. The summed E-state index contributed by atoms with van der Waals surface area (Å²) in [6, 6.07) is 14.9. The zero-order chi connectivity index (χ0) is 22.0. The topological polar surface area (TPSA) is 85.6 Å². The zero-order valence-electron chi connectivity index (χ0n) is 16.9. The maximum Gasteiger partial charge on any atom is 0.264 e. The lowest BCUT2D eigenvalue weighted by Gasteiger charge is -2.05. The molecule has 0 saturated heterocycles.